The zero-order valence-corrected chi connectivity index (χ0v) is 13.9. The third kappa shape index (κ3) is 5.16. The molecule has 0 saturated heterocycles. The van der Waals surface area contributed by atoms with Crippen LogP contribution in [0.5, 0.6) is 0 Å². The second-order valence-electron chi connectivity index (χ2n) is 6.74. The van der Waals surface area contributed by atoms with Gasteiger partial charge in [-0.2, -0.15) is 5.10 Å². The number of rotatable bonds is 7. The van der Waals surface area contributed by atoms with Crippen molar-refractivity contribution >= 4 is 5.91 Å². The van der Waals surface area contributed by atoms with Crippen molar-refractivity contribution in [3.8, 4) is 0 Å². The van der Waals surface area contributed by atoms with Gasteiger partial charge in [-0.15, -0.1) is 0 Å². The molecule has 1 heterocycles. The molecule has 1 aromatic rings. The predicted molar refractivity (Wildman–Crippen MR) is 84.4 cm³/mol. The van der Waals surface area contributed by atoms with Gasteiger partial charge in [-0.05, 0) is 18.4 Å². The van der Waals surface area contributed by atoms with E-state index in [1.165, 1.54) is 0 Å². The van der Waals surface area contributed by atoms with E-state index in [2.05, 4.69) is 38.1 Å². The number of carbonyl (C=O) groups excluding carboxylic acids is 1. The Kier molecular flexibility index (Phi) is 6.40. The molecule has 1 atom stereocenters. The first-order chi connectivity index (χ1) is 9.79. The number of aromatic nitrogens is 2. The number of aryl methyl sites for hydroxylation is 1. The first-order valence-electron chi connectivity index (χ1n) is 7.77. The van der Waals surface area contributed by atoms with E-state index in [-0.39, 0.29) is 23.8 Å². The minimum atomic E-state index is -0.170. The van der Waals surface area contributed by atoms with Crippen LogP contribution in [0.15, 0.2) is 6.07 Å². The third-order valence-corrected chi connectivity index (χ3v) is 3.43. The molecular weight excluding hydrogens is 266 g/mol. The van der Waals surface area contributed by atoms with Gasteiger partial charge in [0.1, 0.15) is 5.69 Å². The summed E-state index contributed by atoms with van der Waals surface area (Å²) in [7, 11) is 0. The molecule has 1 rings (SSSR count). The summed E-state index contributed by atoms with van der Waals surface area (Å²) in [5, 5.41) is 16.3. The summed E-state index contributed by atoms with van der Waals surface area (Å²) >= 11 is 0. The van der Waals surface area contributed by atoms with Crippen molar-refractivity contribution in [3.63, 3.8) is 0 Å². The monoisotopic (exact) mass is 295 g/mol. The number of hydrogen-bond donors (Lipinski definition) is 2. The molecule has 1 aromatic heterocycles. The lowest BCUT2D eigenvalue weighted by Gasteiger charge is -2.19. The van der Waals surface area contributed by atoms with Gasteiger partial charge in [0.15, 0.2) is 0 Å². The quantitative estimate of drug-likeness (QED) is 0.811. The number of unbranched alkanes of at least 4 members (excludes halogenated alkanes) is 1. The van der Waals surface area contributed by atoms with Crippen LogP contribution in [0.4, 0.5) is 0 Å². The molecule has 0 aromatic carbocycles. The molecule has 0 aliphatic rings. The molecule has 0 fully saturated rings. The van der Waals surface area contributed by atoms with E-state index >= 15 is 0 Å². The molecule has 120 valence electrons. The number of nitrogens with one attached hydrogen (secondary N) is 1. The summed E-state index contributed by atoms with van der Waals surface area (Å²) in [5.41, 5.74) is 1.50. The van der Waals surface area contributed by atoms with Gasteiger partial charge in [-0.3, -0.25) is 9.48 Å². The first-order valence-corrected chi connectivity index (χ1v) is 7.77. The van der Waals surface area contributed by atoms with Crippen LogP contribution in [-0.2, 0) is 12.0 Å². The van der Waals surface area contributed by atoms with Crippen molar-refractivity contribution in [1.29, 1.82) is 0 Å². The average Bonchev–Trinajstić information content (AvgIpc) is 2.86. The van der Waals surface area contributed by atoms with Crippen molar-refractivity contribution < 1.29 is 9.90 Å². The summed E-state index contributed by atoms with van der Waals surface area (Å²) in [4.78, 5) is 12.2. The summed E-state index contributed by atoms with van der Waals surface area (Å²) in [5.74, 6) is -0.116. The van der Waals surface area contributed by atoms with Crippen molar-refractivity contribution in [2.24, 2.45) is 5.92 Å². The smallest absolute Gasteiger partial charge is 0.271 e. The normalized spacial score (nSPS) is 13.2. The van der Waals surface area contributed by atoms with Crippen LogP contribution < -0.4 is 5.32 Å². The van der Waals surface area contributed by atoms with Crippen molar-refractivity contribution in [2.45, 2.75) is 59.4 Å². The van der Waals surface area contributed by atoms with E-state index in [4.69, 9.17) is 5.11 Å². The zero-order valence-electron chi connectivity index (χ0n) is 13.9. The lowest BCUT2D eigenvalue weighted by Crippen LogP contribution is -2.29. The van der Waals surface area contributed by atoms with Crippen LogP contribution in [-0.4, -0.2) is 33.9 Å². The second-order valence-corrected chi connectivity index (χ2v) is 6.74. The molecule has 1 amide bonds. The average molecular weight is 295 g/mol. The number of aliphatic hydroxyl groups excluding tert-OH is 1. The topological polar surface area (TPSA) is 67.2 Å². The number of amides is 1. The molecule has 0 spiro atoms. The SMILES string of the molecule is CCCCn1nc(C(=O)NCC(C)CO)cc1C(C)(C)C. The molecule has 0 bridgehead atoms. The molecule has 5 heteroatoms. The number of carbonyl (C=O) groups is 1. The highest BCUT2D eigenvalue weighted by Crippen LogP contribution is 2.23. The van der Waals surface area contributed by atoms with Crippen LogP contribution in [0.3, 0.4) is 0 Å². The van der Waals surface area contributed by atoms with Gasteiger partial charge in [0.2, 0.25) is 0 Å². The molecular formula is C16H29N3O2. The maximum atomic E-state index is 12.2. The van der Waals surface area contributed by atoms with E-state index in [1.54, 1.807) is 0 Å². The van der Waals surface area contributed by atoms with E-state index < -0.39 is 0 Å². The minimum Gasteiger partial charge on any atom is -0.396 e. The molecule has 0 radical (unpaired) electrons. The Hall–Kier alpha value is -1.36. The summed E-state index contributed by atoms with van der Waals surface area (Å²) in [6, 6.07) is 1.88. The Morgan fingerprint density at radius 3 is 2.67 bits per heavy atom. The standard InChI is InChI=1S/C16H29N3O2/c1-6-7-8-19-14(16(3,4)5)9-13(18-19)15(21)17-10-12(2)11-20/h9,12,20H,6-8,10-11H2,1-5H3,(H,17,21). The van der Waals surface area contributed by atoms with Gasteiger partial charge in [0.25, 0.3) is 5.91 Å². The molecule has 2 N–H and O–H groups in total. The van der Waals surface area contributed by atoms with Crippen LogP contribution >= 0.6 is 0 Å². The van der Waals surface area contributed by atoms with Crippen LogP contribution in [0.25, 0.3) is 0 Å². The number of nitrogens with zero attached hydrogens (tertiary/aromatic N) is 2. The van der Waals surface area contributed by atoms with Crippen LogP contribution in [0.1, 0.15) is 63.6 Å². The van der Waals surface area contributed by atoms with Gasteiger partial charge in [0.05, 0.1) is 0 Å². The lowest BCUT2D eigenvalue weighted by molar-refractivity contribution is 0.0936. The molecule has 21 heavy (non-hydrogen) atoms. The summed E-state index contributed by atoms with van der Waals surface area (Å²) in [6.07, 6.45) is 2.15. The maximum absolute atomic E-state index is 12.2. The van der Waals surface area contributed by atoms with Gasteiger partial charge in [-0.1, -0.05) is 41.0 Å². The Labute approximate surface area is 127 Å². The highest BCUT2D eigenvalue weighted by atomic mass is 16.3. The Morgan fingerprint density at radius 1 is 1.48 bits per heavy atom. The molecule has 1 unspecified atom stereocenters. The van der Waals surface area contributed by atoms with E-state index in [9.17, 15) is 4.79 Å². The summed E-state index contributed by atoms with van der Waals surface area (Å²) in [6.45, 7) is 11.8. The molecule has 0 saturated carbocycles. The van der Waals surface area contributed by atoms with Gasteiger partial charge >= 0.3 is 0 Å². The fourth-order valence-corrected chi connectivity index (χ4v) is 2.03. The largest absolute Gasteiger partial charge is 0.396 e. The Morgan fingerprint density at radius 2 is 2.14 bits per heavy atom. The number of aliphatic hydroxyl groups is 1. The third-order valence-electron chi connectivity index (χ3n) is 3.43. The van der Waals surface area contributed by atoms with Crippen molar-refractivity contribution in [2.75, 3.05) is 13.2 Å². The second kappa shape index (κ2) is 7.59. The molecule has 0 aliphatic carbocycles. The van der Waals surface area contributed by atoms with Gasteiger partial charge < -0.3 is 10.4 Å². The lowest BCUT2D eigenvalue weighted by atomic mass is 9.91. The van der Waals surface area contributed by atoms with E-state index in [0.717, 1.165) is 25.1 Å². The number of hydrogen-bond acceptors (Lipinski definition) is 3. The van der Waals surface area contributed by atoms with Crippen molar-refractivity contribution in [1.82, 2.24) is 15.1 Å². The first kappa shape index (κ1) is 17.7. The highest BCUT2D eigenvalue weighted by Gasteiger charge is 2.23. The maximum Gasteiger partial charge on any atom is 0.271 e. The molecule has 5 nitrogen and oxygen atoms in total. The fraction of sp³-hybridized carbons (Fsp3) is 0.750. The van der Waals surface area contributed by atoms with E-state index in [0.29, 0.717) is 12.2 Å². The fourth-order valence-electron chi connectivity index (χ4n) is 2.03. The minimum absolute atomic E-state index is 0.0440. The Bertz CT molecular complexity index is 461. The summed E-state index contributed by atoms with van der Waals surface area (Å²) < 4.78 is 1.95. The van der Waals surface area contributed by atoms with Crippen molar-refractivity contribution in [3.05, 3.63) is 17.5 Å². The van der Waals surface area contributed by atoms with E-state index in [1.807, 2.05) is 17.7 Å². The van der Waals surface area contributed by atoms with Gasteiger partial charge in [-0.25, -0.2) is 0 Å². The van der Waals surface area contributed by atoms with Gasteiger partial charge in [0, 0.05) is 30.8 Å². The molecule has 0 aliphatic heterocycles. The Balaban J connectivity index is 2.88. The highest BCUT2D eigenvalue weighted by molar-refractivity contribution is 5.92. The van der Waals surface area contributed by atoms with Crippen LogP contribution in [0.2, 0.25) is 0 Å². The zero-order chi connectivity index (χ0) is 16.0. The van der Waals surface area contributed by atoms with Crippen LogP contribution in [0, 0.1) is 5.92 Å². The predicted octanol–water partition coefficient (Wildman–Crippen LogP) is 2.34.